The third-order valence-corrected chi connectivity index (χ3v) is 5.80. The molecular formula is C28H28N6O3. The largest absolute Gasteiger partial charge is 0.490 e. The second kappa shape index (κ2) is 10.5. The summed E-state index contributed by atoms with van der Waals surface area (Å²) in [5, 5.41) is 12.4. The summed E-state index contributed by atoms with van der Waals surface area (Å²) in [4.78, 5) is 18.1. The van der Waals surface area contributed by atoms with E-state index >= 15 is 0 Å². The molecule has 1 N–H and O–H groups in total. The van der Waals surface area contributed by atoms with Crippen LogP contribution in [0.1, 0.15) is 29.8 Å². The zero-order chi connectivity index (χ0) is 25.8. The van der Waals surface area contributed by atoms with Gasteiger partial charge in [0, 0.05) is 30.4 Å². The Morgan fingerprint density at radius 2 is 1.76 bits per heavy atom. The quantitative estimate of drug-likeness (QED) is 0.311. The van der Waals surface area contributed by atoms with Crippen LogP contribution in [0.5, 0.6) is 11.5 Å². The minimum Gasteiger partial charge on any atom is -0.490 e. The Bertz CT molecular complexity index is 1550. The summed E-state index contributed by atoms with van der Waals surface area (Å²) in [5.41, 5.74) is 4.42. The first-order valence-corrected chi connectivity index (χ1v) is 12.1. The molecule has 3 heterocycles. The highest BCUT2D eigenvalue weighted by Crippen LogP contribution is 2.29. The minimum atomic E-state index is -0.233. The molecule has 0 fully saturated rings. The molecule has 0 aliphatic rings. The SMILES string of the molecule is CCOc1ccc(Cn2cc(NC(=O)c3cc(-c4cnn(C)c4)nc4ccccc34)cn2)cc1OCC. The fourth-order valence-corrected chi connectivity index (χ4v) is 4.16. The van der Waals surface area contributed by atoms with E-state index in [2.05, 4.69) is 15.5 Å². The number of nitrogens with one attached hydrogen (secondary N) is 1. The lowest BCUT2D eigenvalue weighted by Gasteiger charge is -2.12. The van der Waals surface area contributed by atoms with Gasteiger partial charge in [0.25, 0.3) is 5.91 Å². The summed E-state index contributed by atoms with van der Waals surface area (Å²) in [6, 6.07) is 15.3. The molecule has 9 nitrogen and oxygen atoms in total. The third kappa shape index (κ3) is 5.30. The number of pyridine rings is 1. The molecule has 3 aromatic heterocycles. The summed E-state index contributed by atoms with van der Waals surface area (Å²) in [7, 11) is 1.85. The highest BCUT2D eigenvalue weighted by Gasteiger charge is 2.16. The van der Waals surface area contributed by atoms with Crippen LogP contribution in [0.3, 0.4) is 0 Å². The Morgan fingerprint density at radius 1 is 0.946 bits per heavy atom. The van der Waals surface area contributed by atoms with E-state index in [9.17, 15) is 4.79 Å². The maximum atomic E-state index is 13.4. The topological polar surface area (TPSA) is 96.1 Å². The average molecular weight is 497 g/mol. The van der Waals surface area contributed by atoms with Gasteiger partial charge in [0.2, 0.25) is 0 Å². The number of aromatic nitrogens is 5. The number of nitrogens with zero attached hydrogens (tertiary/aromatic N) is 5. The number of hydrogen-bond acceptors (Lipinski definition) is 6. The molecule has 2 aromatic carbocycles. The summed E-state index contributed by atoms with van der Waals surface area (Å²) in [5.74, 6) is 1.19. The van der Waals surface area contributed by atoms with Gasteiger partial charge in [-0.3, -0.25) is 14.2 Å². The minimum absolute atomic E-state index is 0.233. The van der Waals surface area contributed by atoms with Crippen molar-refractivity contribution in [2.75, 3.05) is 18.5 Å². The molecule has 0 aliphatic carbocycles. The number of benzene rings is 2. The summed E-state index contributed by atoms with van der Waals surface area (Å²) >= 11 is 0. The van der Waals surface area contributed by atoms with E-state index in [0.29, 0.717) is 42.5 Å². The van der Waals surface area contributed by atoms with E-state index < -0.39 is 0 Å². The Balaban J connectivity index is 1.37. The van der Waals surface area contributed by atoms with Gasteiger partial charge in [0.1, 0.15) is 0 Å². The number of amides is 1. The van der Waals surface area contributed by atoms with Crippen LogP contribution >= 0.6 is 0 Å². The molecular weight excluding hydrogens is 468 g/mol. The van der Waals surface area contributed by atoms with Crippen LogP contribution < -0.4 is 14.8 Å². The first-order chi connectivity index (χ1) is 18.0. The fourth-order valence-electron chi connectivity index (χ4n) is 4.16. The van der Waals surface area contributed by atoms with Crippen molar-refractivity contribution in [2.45, 2.75) is 20.4 Å². The number of ether oxygens (including phenoxy) is 2. The Hall–Kier alpha value is -4.66. The molecule has 0 bridgehead atoms. The fraction of sp³-hybridized carbons (Fsp3) is 0.214. The molecule has 0 radical (unpaired) electrons. The van der Waals surface area contributed by atoms with E-state index in [-0.39, 0.29) is 5.91 Å². The van der Waals surface area contributed by atoms with Crippen LogP contribution in [0.25, 0.3) is 22.2 Å². The van der Waals surface area contributed by atoms with Crippen molar-refractivity contribution < 1.29 is 14.3 Å². The molecule has 0 atom stereocenters. The van der Waals surface area contributed by atoms with E-state index in [0.717, 1.165) is 27.8 Å². The van der Waals surface area contributed by atoms with Crippen LogP contribution in [0.2, 0.25) is 0 Å². The number of carbonyl (C=O) groups excluding carboxylic acids is 1. The highest BCUT2D eigenvalue weighted by atomic mass is 16.5. The van der Waals surface area contributed by atoms with Crippen LogP contribution in [0.4, 0.5) is 5.69 Å². The van der Waals surface area contributed by atoms with Crippen molar-refractivity contribution in [3.05, 3.63) is 84.4 Å². The van der Waals surface area contributed by atoms with Gasteiger partial charge in [-0.2, -0.15) is 10.2 Å². The smallest absolute Gasteiger partial charge is 0.256 e. The summed E-state index contributed by atoms with van der Waals surface area (Å²) in [6.45, 7) is 5.52. The van der Waals surface area contributed by atoms with Crippen LogP contribution in [0, 0.1) is 0 Å². The maximum absolute atomic E-state index is 13.4. The molecule has 37 heavy (non-hydrogen) atoms. The summed E-state index contributed by atoms with van der Waals surface area (Å²) < 4.78 is 14.9. The Labute approximate surface area is 214 Å². The molecule has 0 unspecified atom stereocenters. The number of aryl methyl sites for hydroxylation is 1. The first kappa shape index (κ1) is 24.1. The lowest BCUT2D eigenvalue weighted by molar-refractivity contribution is 0.102. The molecule has 5 aromatic rings. The predicted octanol–water partition coefficient (Wildman–Crippen LogP) is 4.93. The van der Waals surface area contributed by atoms with Gasteiger partial charge < -0.3 is 14.8 Å². The molecule has 5 rings (SSSR count). The molecule has 0 spiro atoms. The number of rotatable bonds is 9. The molecule has 188 valence electrons. The van der Waals surface area contributed by atoms with Gasteiger partial charge in [0.05, 0.1) is 54.6 Å². The van der Waals surface area contributed by atoms with Crippen LogP contribution in [-0.2, 0) is 13.6 Å². The first-order valence-electron chi connectivity index (χ1n) is 12.1. The van der Waals surface area contributed by atoms with E-state index in [4.69, 9.17) is 14.5 Å². The predicted molar refractivity (Wildman–Crippen MR) is 142 cm³/mol. The molecule has 0 saturated carbocycles. The van der Waals surface area contributed by atoms with Crippen molar-refractivity contribution in [1.82, 2.24) is 24.5 Å². The van der Waals surface area contributed by atoms with Crippen molar-refractivity contribution in [1.29, 1.82) is 0 Å². The maximum Gasteiger partial charge on any atom is 0.256 e. The van der Waals surface area contributed by atoms with E-state index in [1.165, 1.54) is 0 Å². The van der Waals surface area contributed by atoms with Crippen molar-refractivity contribution in [3.8, 4) is 22.8 Å². The third-order valence-electron chi connectivity index (χ3n) is 5.80. The van der Waals surface area contributed by atoms with Gasteiger partial charge in [-0.25, -0.2) is 4.98 Å². The lowest BCUT2D eigenvalue weighted by atomic mass is 10.0. The van der Waals surface area contributed by atoms with Crippen molar-refractivity contribution in [3.63, 3.8) is 0 Å². The monoisotopic (exact) mass is 496 g/mol. The zero-order valence-electron chi connectivity index (χ0n) is 21.0. The number of hydrogen-bond donors (Lipinski definition) is 1. The number of carbonyl (C=O) groups is 1. The van der Waals surface area contributed by atoms with Gasteiger partial charge in [0.15, 0.2) is 11.5 Å². The molecule has 1 amide bonds. The van der Waals surface area contributed by atoms with E-state index in [1.54, 1.807) is 34.0 Å². The van der Waals surface area contributed by atoms with Crippen molar-refractivity contribution >= 4 is 22.5 Å². The zero-order valence-corrected chi connectivity index (χ0v) is 21.0. The number of para-hydroxylation sites is 1. The van der Waals surface area contributed by atoms with E-state index in [1.807, 2.05) is 69.6 Å². The second-order valence-electron chi connectivity index (χ2n) is 8.50. The van der Waals surface area contributed by atoms with Crippen molar-refractivity contribution in [2.24, 2.45) is 7.05 Å². The second-order valence-corrected chi connectivity index (χ2v) is 8.50. The van der Waals surface area contributed by atoms with Crippen LogP contribution in [-0.4, -0.2) is 43.7 Å². The number of anilines is 1. The molecule has 0 saturated heterocycles. The molecule has 0 aliphatic heterocycles. The Morgan fingerprint density at radius 3 is 2.54 bits per heavy atom. The number of fused-ring (bicyclic) bond motifs is 1. The standard InChI is InChI=1S/C28H28N6O3/c1-4-36-26-11-10-19(12-27(26)37-5-2)16-34-18-21(15-30-34)31-28(35)23-13-25(20-14-29-33(3)17-20)32-24-9-7-6-8-22(23)24/h6-15,17-18H,4-5,16H2,1-3H3,(H,31,35). The average Bonchev–Trinajstić information content (AvgIpc) is 3.53. The van der Waals surface area contributed by atoms with Gasteiger partial charge in [-0.15, -0.1) is 0 Å². The van der Waals surface area contributed by atoms with Crippen LogP contribution in [0.15, 0.2) is 73.3 Å². The van der Waals surface area contributed by atoms with Gasteiger partial charge >= 0.3 is 0 Å². The highest BCUT2D eigenvalue weighted by molar-refractivity contribution is 6.13. The van der Waals surface area contributed by atoms with Gasteiger partial charge in [-0.1, -0.05) is 24.3 Å². The Kier molecular flexibility index (Phi) is 6.85. The molecule has 9 heteroatoms. The lowest BCUT2D eigenvalue weighted by Crippen LogP contribution is -2.12. The summed E-state index contributed by atoms with van der Waals surface area (Å²) in [6.07, 6.45) is 7.06. The normalized spacial score (nSPS) is 11.0. The van der Waals surface area contributed by atoms with Gasteiger partial charge in [-0.05, 0) is 43.7 Å².